The van der Waals surface area contributed by atoms with E-state index in [1.807, 2.05) is 42.5 Å². The minimum atomic E-state index is -0.126. The molecule has 0 fully saturated rings. The van der Waals surface area contributed by atoms with Gasteiger partial charge in [0.2, 0.25) is 5.91 Å². The highest BCUT2D eigenvalue weighted by Gasteiger charge is 2.14. The number of amides is 1. The summed E-state index contributed by atoms with van der Waals surface area (Å²) < 4.78 is 1.73. The number of rotatable bonds is 8. The molecule has 1 aliphatic carbocycles. The maximum Gasteiger partial charge on any atom is 0.262 e. The van der Waals surface area contributed by atoms with Crippen molar-refractivity contribution in [1.29, 1.82) is 0 Å². The maximum absolute atomic E-state index is 13.2. The Labute approximate surface area is 196 Å². The summed E-state index contributed by atoms with van der Waals surface area (Å²) in [5.41, 5.74) is 2.88. The van der Waals surface area contributed by atoms with Crippen LogP contribution in [0.4, 0.5) is 0 Å². The molecule has 0 saturated carbocycles. The van der Waals surface area contributed by atoms with Gasteiger partial charge in [-0.2, -0.15) is 0 Å². The van der Waals surface area contributed by atoms with Crippen LogP contribution in [0.2, 0.25) is 5.02 Å². The molecule has 166 valence electrons. The summed E-state index contributed by atoms with van der Waals surface area (Å²) in [6, 6.07) is 14.8. The average Bonchev–Trinajstić information content (AvgIpc) is 2.82. The van der Waals surface area contributed by atoms with Gasteiger partial charge in [-0.1, -0.05) is 65.3 Å². The predicted octanol–water partition coefficient (Wildman–Crippen LogP) is 5.35. The molecular weight excluding hydrogens is 442 g/mol. The molecule has 2 aromatic carbocycles. The number of nitrogens with zero attached hydrogens (tertiary/aromatic N) is 2. The van der Waals surface area contributed by atoms with Gasteiger partial charge >= 0.3 is 0 Å². The molecule has 3 aromatic rings. The first-order chi connectivity index (χ1) is 15.6. The highest BCUT2D eigenvalue weighted by Crippen LogP contribution is 2.23. The standard InChI is InChI=1S/C25H26ClN3O2S/c26-21-12-6-4-10-19(21)16-27-23(30)17-32-25-28-22-13-7-5-11-20(22)24(31)29(25)15-14-18-8-2-1-3-9-18/h4-8,10-13H,1-3,9,14-17H2,(H,27,30). The number of hydrogen-bond acceptors (Lipinski definition) is 4. The van der Waals surface area contributed by atoms with E-state index in [0.717, 1.165) is 24.8 Å². The summed E-state index contributed by atoms with van der Waals surface area (Å²) in [6.07, 6.45) is 7.82. The zero-order valence-corrected chi connectivity index (χ0v) is 19.4. The summed E-state index contributed by atoms with van der Waals surface area (Å²) in [6.45, 7) is 0.942. The molecule has 5 nitrogen and oxygen atoms in total. The van der Waals surface area contributed by atoms with Crippen molar-refractivity contribution in [2.45, 2.75) is 50.4 Å². The second-order valence-corrected chi connectivity index (χ2v) is 9.23. The van der Waals surface area contributed by atoms with Gasteiger partial charge in [0.1, 0.15) is 0 Å². The van der Waals surface area contributed by atoms with Gasteiger partial charge in [0, 0.05) is 18.1 Å². The van der Waals surface area contributed by atoms with E-state index in [4.69, 9.17) is 16.6 Å². The molecule has 1 aromatic heterocycles. The van der Waals surface area contributed by atoms with Crippen molar-refractivity contribution in [3.63, 3.8) is 0 Å². The van der Waals surface area contributed by atoms with Crippen molar-refractivity contribution in [1.82, 2.24) is 14.9 Å². The largest absolute Gasteiger partial charge is 0.351 e. The Kier molecular flexibility index (Phi) is 7.66. The third-order valence-corrected chi connectivity index (χ3v) is 6.98. The van der Waals surface area contributed by atoms with E-state index in [0.29, 0.717) is 34.2 Å². The number of fused-ring (bicyclic) bond motifs is 1. The number of carbonyl (C=O) groups is 1. The Hall–Kier alpha value is -2.57. The maximum atomic E-state index is 13.2. The third-order valence-electron chi connectivity index (χ3n) is 5.63. The number of para-hydroxylation sites is 1. The molecule has 0 atom stereocenters. The van der Waals surface area contributed by atoms with Crippen molar-refractivity contribution in [3.05, 3.63) is 81.1 Å². The fourth-order valence-electron chi connectivity index (χ4n) is 3.86. The van der Waals surface area contributed by atoms with Crippen LogP contribution in [0.25, 0.3) is 10.9 Å². The first-order valence-corrected chi connectivity index (χ1v) is 12.3. The Morgan fingerprint density at radius 3 is 2.75 bits per heavy atom. The molecular formula is C25H26ClN3O2S. The Morgan fingerprint density at radius 2 is 1.94 bits per heavy atom. The topological polar surface area (TPSA) is 64.0 Å². The number of aromatic nitrogens is 2. The van der Waals surface area contributed by atoms with Crippen molar-refractivity contribution >= 4 is 40.2 Å². The van der Waals surface area contributed by atoms with Gasteiger partial charge in [0.25, 0.3) is 5.56 Å². The molecule has 4 rings (SSSR count). The fraction of sp³-hybridized carbons (Fsp3) is 0.320. The lowest BCUT2D eigenvalue weighted by atomic mass is 9.97. The second kappa shape index (κ2) is 10.8. The quantitative estimate of drug-likeness (QED) is 0.275. The summed E-state index contributed by atoms with van der Waals surface area (Å²) in [5, 5.41) is 4.71. The zero-order chi connectivity index (χ0) is 22.3. The Balaban J connectivity index is 1.48. The van der Waals surface area contributed by atoms with Crippen LogP contribution >= 0.6 is 23.4 Å². The summed E-state index contributed by atoms with van der Waals surface area (Å²) in [5.74, 6) is 0.0525. The number of carbonyl (C=O) groups excluding carboxylic acids is 1. The summed E-state index contributed by atoms with van der Waals surface area (Å²) in [7, 11) is 0. The van der Waals surface area contributed by atoms with Crippen LogP contribution in [0.3, 0.4) is 0 Å². The van der Waals surface area contributed by atoms with Gasteiger partial charge in [0.05, 0.1) is 16.7 Å². The van der Waals surface area contributed by atoms with Crippen LogP contribution in [0.15, 0.2) is 70.1 Å². The number of benzene rings is 2. The Bertz CT molecular complexity index is 1210. The molecule has 0 aliphatic heterocycles. The highest BCUT2D eigenvalue weighted by molar-refractivity contribution is 7.99. The van der Waals surface area contributed by atoms with Crippen LogP contribution in [-0.4, -0.2) is 21.2 Å². The van der Waals surface area contributed by atoms with E-state index in [-0.39, 0.29) is 17.2 Å². The van der Waals surface area contributed by atoms with E-state index in [1.54, 1.807) is 10.6 Å². The number of thioether (sulfide) groups is 1. The average molecular weight is 468 g/mol. The van der Waals surface area contributed by atoms with Gasteiger partial charge < -0.3 is 5.32 Å². The molecule has 1 heterocycles. The highest BCUT2D eigenvalue weighted by atomic mass is 35.5. The van der Waals surface area contributed by atoms with Crippen molar-refractivity contribution in [2.75, 3.05) is 5.75 Å². The normalized spacial score (nSPS) is 13.7. The van der Waals surface area contributed by atoms with E-state index < -0.39 is 0 Å². The lowest BCUT2D eigenvalue weighted by Crippen LogP contribution is -2.27. The molecule has 7 heteroatoms. The van der Waals surface area contributed by atoms with Crippen LogP contribution in [0.1, 0.15) is 37.7 Å². The van der Waals surface area contributed by atoms with Gasteiger partial charge in [-0.25, -0.2) is 4.98 Å². The van der Waals surface area contributed by atoms with Crippen LogP contribution in [-0.2, 0) is 17.9 Å². The van der Waals surface area contributed by atoms with Gasteiger partial charge in [-0.05, 0) is 55.9 Å². The minimum absolute atomic E-state index is 0.0500. The van der Waals surface area contributed by atoms with E-state index in [1.165, 1.54) is 30.2 Å². The predicted molar refractivity (Wildman–Crippen MR) is 131 cm³/mol. The van der Waals surface area contributed by atoms with E-state index in [2.05, 4.69) is 11.4 Å². The van der Waals surface area contributed by atoms with Crippen LogP contribution in [0, 0.1) is 0 Å². The third kappa shape index (κ3) is 5.61. The molecule has 0 unspecified atom stereocenters. The van der Waals surface area contributed by atoms with Gasteiger partial charge in [-0.3, -0.25) is 14.2 Å². The van der Waals surface area contributed by atoms with Crippen molar-refractivity contribution < 1.29 is 4.79 Å². The van der Waals surface area contributed by atoms with Gasteiger partial charge in [0.15, 0.2) is 5.16 Å². The first kappa shape index (κ1) is 22.6. The molecule has 1 N–H and O–H groups in total. The molecule has 1 amide bonds. The number of halogens is 1. The molecule has 0 bridgehead atoms. The molecule has 32 heavy (non-hydrogen) atoms. The summed E-state index contributed by atoms with van der Waals surface area (Å²) in [4.78, 5) is 30.4. The number of nitrogens with one attached hydrogen (secondary N) is 1. The number of hydrogen-bond donors (Lipinski definition) is 1. The SMILES string of the molecule is O=C(CSc1nc2ccccc2c(=O)n1CCC1=CCCCC1)NCc1ccccc1Cl. The summed E-state index contributed by atoms with van der Waals surface area (Å²) >= 11 is 7.46. The number of allylic oxidation sites excluding steroid dienone is 2. The van der Waals surface area contributed by atoms with Crippen LogP contribution in [0.5, 0.6) is 0 Å². The lowest BCUT2D eigenvalue weighted by molar-refractivity contribution is -0.118. The first-order valence-electron chi connectivity index (χ1n) is 10.9. The molecule has 0 radical (unpaired) electrons. The molecule has 0 spiro atoms. The fourth-order valence-corrected chi connectivity index (χ4v) is 4.92. The lowest BCUT2D eigenvalue weighted by Gasteiger charge is -2.16. The van der Waals surface area contributed by atoms with Crippen molar-refractivity contribution in [3.8, 4) is 0 Å². The Morgan fingerprint density at radius 1 is 1.12 bits per heavy atom. The monoisotopic (exact) mass is 467 g/mol. The van der Waals surface area contributed by atoms with Crippen molar-refractivity contribution in [2.24, 2.45) is 0 Å². The van der Waals surface area contributed by atoms with E-state index in [9.17, 15) is 9.59 Å². The minimum Gasteiger partial charge on any atom is -0.351 e. The molecule has 0 saturated heterocycles. The van der Waals surface area contributed by atoms with E-state index >= 15 is 0 Å². The smallest absolute Gasteiger partial charge is 0.262 e. The van der Waals surface area contributed by atoms with Gasteiger partial charge in [-0.15, -0.1) is 0 Å². The van der Waals surface area contributed by atoms with Crippen LogP contribution < -0.4 is 10.9 Å². The second-order valence-electron chi connectivity index (χ2n) is 7.88. The molecule has 1 aliphatic rings. The zero-order valence-electron chi connectivity index (χ0n) is 17.9.